The molecule has 4 rings (SSSR count). The van der Waals surface area contributed by atoms with Crippen LogP contribution in [0.4, 0.5) is 0 Å². The zero-order valence-corrected chi connectivity index (χ0v) is 16.9. The van der Waals surface area contributed by atoms with Gasteiger partial charge in [0.25, 0.3) is 5.91 Å². The Balaban J connectivity index is 1.51. The Kier molecular flexibility index (Phi) is 5.52. The average molecular weight is 405 g/mol. The first kappa shape index (κ1) is 19.7. The lowest BCUT2D eigenvalue weighted by Gasteiger charge is -2.25. The van der Waals surface area contributed by atoms with E-state index >= 15 is 0 Å². The van der Waals surface area contributed by atoms with Crippen molar-refractivity contribution >= 4 is 27.6 Å². The maximum Gasteiger partial charge on any atom is 0.344 e. The predicted octanol–water partition coefficient (Wildman–Crippen LogP) is 3.46. The van der Waals surface area contributed by atoms with Crippen molar-refractivity contribution < 1.29 is 13.9 Å². The van der Waals surface area contributed by atoms with Gasteiger partial charge in [-0.1, -0.05) is 18.2 Å². The molecule has 2 aromatic carbocycles. The van der Waals surface area contributed by atoms with E-state index in [0.717, 1.165) is 10.8 Å². The standard InChI is InChI=1S/C23H23N3O4/c1-3-25(13-14-26-12-6-11-24-26)22(27)16(2)29-17-9-10-19-18-7-4-5-8-20(18)23(28)30-21(19)15-17/h4-12,15-16H,3,13-14H2,1-2H3. The van der Waals surface area contributed by atoms with Crippen LogP contribution in [0.3, 0.4) is 0 Å². The number of hydrogen-bond acceptors (Lipinski definition) is 5. The summed E-state index contributed by atoms with van der Waals surface area (Å²) in [4.78, 5) is 26.8. The Morgan fingerprint density at radius 1 is 1.17 bits per heavy atom. The Labute approximate surface area is 173 Å². The summed E-state index contributed by atoms with van der Waals surface area (Å²) in [5, 5.41) is 6.36. The molecule has 0 radical (unpaired) electrons. The van der Waals surface area contributed by atoms with Gasteiger partial charge in [0.15, 0.2) is 6.10 Å². The number of benzene rings is 2. The third kappa shape index (κ3) is 3.91. The molecule has 154 valence electrons. The fraction of sp³-hybridized carbons (Fsp3) is 0.261. The summed E-state index contributed by atoms with van der Waals surface area (Å²) in [6.07, 6.45) is 2.91. The van der Waals surface area contributed by atoms with Crippen molar-refractivity contribution in [2.75, 3.05) is 13.1 Å². The van der Waals surface area contributed by atoms with Crippen LogP contribution in [0.25, 0.3) is 21.7 Å². The van der Waals surface area contributed by atoms with Gasteiger partial charge in [0.1, 0.15) is 11.3 Å². The normalized spacial score (nSPS) is 12.2. The van der Waals surface area contributed by atoms with Crippen molar-refractivity contribution in [1.29, 1.82) is 0 Å². The van der Waals surface area contributed by atoms with Gasteiger partial charge in [0, 0.05) is 36.9 Å². The highest BCUT2D eigenvalue weighted by molar-refractivity contribution is 6.04. The number of ether oxygens (including phenoxy) is 1. The van der Waals surface area contributed by atoms with E-state index in [1.165, 1.54) is 0 Å². The largest absolute Gasteiger partial charge is 0.481 e. The molecule has 0 saturated carbocycles. The van der Waals surface area contributed by atoms with E-state index in [1.54, 1.807) is 40.9 Å². The Morgan fingerprint density at radius 3 is 2.70 bits per heavy atom. The van der Waals surface area contributed by atoms with E-state index in [0.29, 0.717) is 36.4 Å². The summed E-state index contributed by atoms with van der Waals surface area (Å²) in [5.74, 6) is 0.370. The fourth-order valence-corrected chi connectivity index (χ4v) is 3.53. The molecular formula is C23H23N3O4. The number of likely N-dealkylation sites (N-methyl/N-ethyl adjacent to an activating group) is 1. The second-order valence-corrected chi connectivity index (χ2v) is 7.04. The lowest BCUT2D eigenvalue weighted by atomic mass is 10.1. The molecule has 0 aliphatic carbocycles. The van der Waals surface area contributed by atoms with Crippen LogP contribution in [0.15, 0.2) is 70.1 Å². The molecule has 0 N–H and O–H groups in total. The second-order valence-electron chi connectivity index (χ2n) is 7.04. The van der Waals surface area contributed by atoms with E-state index in [4.69, 9.17) is 9.15 Å². The minimum absolute atomic E-state index is 0.107. The maximum atomic E-state index is 12.8. The summed E-state index contributed by atoms with van der Waals surface area (Å²) in [7, 11) is 0. The summed E-state index contributed by atoms with van der Waals surface area (Å²) < 4.78 is 13.1. The molecular weight excluding hydrogens is 382 g/mol. The van der Waals surface area contributed by atoms with Crippen LogP contribution < -0.4 is 10.4 Å². The van der Waals surface area contributed by atoms with Crippen LogP contribution in [-0.2, 0) is 11.3 Å². The molecule has 2 heterocycles. The van der Waals surface area contributed by atoms with Crippen LogP contribution >= 0.6 is 0 Å². The van der Waals surface area contributed by atoms with Gasteiger partial charge in [0.05, 0.1) is 11.9 Å². The average Bonchev–Trinajstić information content (AvgIpc) is 3.27. The molecule has 30 heavy (non-hydrogen) atoms. The summed E-state index contributed by atoms with van der Waals surface area (Å²) in [6.45, 7) is 5.40. The molecule has 4 aromatic rings. The van der Waals surface area contributed by atoms with Crippen molar-refractivity contribution in [3.63, 3.8) is 0 Å². The Morgan fingerprint density at radius 2 is 1.97 bits per heavy atom. The number of fused-ring (bicyclic) bond motifs is 3. The van der Waals surface area contributed by atoms with Gasteiger partial charge in [-0.2, -0.15) is 5.10 Å². The molecule has 2 aromatic heterocycles. The highest BCUT2D eigenvalue weighted by Crippen LogP contribution is 2.26. The van der Waals surface area contributed by atoms with Gasteiger partial charge in [0.2, 0.25) is 0 Å². The Bertz CT molecular complexity index is 1230. The van der Waals surface area contributed by atoms with E-state index in [-0.39, 0.29) is 5.91 Å². The first-order chi connectivity index (χ1) is 14.6. The number of carbonyl (C=O) groups excluding carboxylic acids is 1. The number of hydrogen-bond donors (Lipinski definition) is 0. The molecule has 0 saturated heterocycles. The van der Waals surface area contributed by atoms with Gasteiger partial charge in [-0.3, -0.25) is 9.48 Å². The number of carbonyl (C=O) groups is 1. The van der Waals surface area contributed by atoms with E-state index < -0.39 is 11.7 Å². The summed E-state index contributed by atoms with van der Waals surface area (Å²) >= 11 is 0. The smallest absolute Gasteiger partial charge is 0.344 e. The fourth-order valence-electron chi connectivity index (χ4n) is 3.53. The highest BCUT2D eigenvalue weighted by Gasteiger charge is 2.21. The molecule has 0 spiro atoms. The van der Waals surface area contributed by atoms with E-state index in [2.05, 4.69) is 5.10 Å². The van der Waals surface area contributed by atoms with Crippen LogP contribution in [-0.4, -0.2) is 39.8 Å². The minimum Gasteiger partial charge on any atom is -0.481 e. The van der Waals surface area contributed by atoms with Gasteiger partial charge in [-0.25, -0.2) is 4.79 Å². The third-order valence-corrected chi connectivity index (χ3v) is 5.11. The molecule has 0 aliphatic heterocycles. The van der Waals surface area contributed by atoms with Crippen LogP contribution in [0.5, 0.6) is 5.75 Å². The van der Waals surface area contributed by atoms with Crippen LogP contribution in [0, 0.1) is 0 Å². The van der Waals surface area contributed by atoms with Crippen LogP contribution in [0.1, 0.15) is 13.8 Å². The first-order valence-corrected chi connectivity index (χ1v) is 9.95. The number of aromatic nitrogens is 2. The van der Waals surface area contributed by atoms with Crippen LogP contribution in [0.2, 0.25) is 0 Å². The van der Waals surface area contributed by atoms with Crippen molar-refractivity contribution in [2.24, 2.45) is 0 Å². The third-order valence-electron chi connectivity index (χ3n) is 5.11. The zero-order chi connectivity index (χ0) is 21.1. The molecule has 7 nitrogen and oxygen atoms in total. The monoisotopic (exact) mass is 405 g/mol. The quantitative estimate of drug-likeness (QED) is 0.348. The molecule has 0 fully saturated rings. The first-order valence-electron chi connectivity index (χ1n) is 9.95. The maximum absolute atomic E-state index is 12.8. The molecule has 7 heteroatoms. The van der Waals surface area contributed by atoms with Crippen molar-refractivity contribution in [2.45, 2.75) is 26.5 Å². The highest BCUT2D eigenvalue weighted by atomic mass is 16.5. The summed E-state index contributed by atoms with van der Waals surface area (Å²) in [6, 6.07) is 14.5. The molecule has 1 atom stereocenters. The minimum atomic E-state index is -0.674. The molecule has 0 bridgehead atoms. The number of amides is 1. The number of nitrogens with zero attached hydrogens (tertiary/aromatic N) is 3. The molecule has 0 aliphatic rings. The van der Waals surface area contributed by atoms with Crippen molar-refractivity contribution in [1.82, 2.24) is 14.7 Å². The topological polar surface area (TPSA) is 77.6 Å². The second kappa shape index (κ2) is 8.41. The molecule has 1 amide bonds. The van der Waals surface area contributed by atoms with Gasteiger partial charge in [-0.05, 0) is 43.5 Å². The predicted molar refractivity (Wildman–Crippen MR) is 115 cm³/mol. The summed E-state index contributed by atoms with van der Waals surface area (Å²) in [5.41, 5.74) is 0.0389. The van der Waals surface area contributed by atoms with Gasteiger partial charge >= 0.3 is 5.63 Å². The van der Waals surface area contributed by atoms with Gasteiger partial charge < -0.3 is 14.1 Å². The zero-order valence-electron chi connectivity index (χ0n) is 16.9. The molecule has 1 unspecified atom stereocenters. The lowest BCUT2D eigenvalue weighted by Crippen LogP contribution is -2.42. The number of rotatable bonds is 7. The van der Waals surface area contributed by atoms with Gasteiger partial charge in [-0.15, -0.1) is 0 Å². The van der Waals surface area contributed by atoms with Crippen molar-refractivity contribution in [3.05, 3.63) is 71.3 Å². The lowest BCUT2D eigenvalue weighted by molar-refractivity contribution is -0.137. The SMILES string of the molecule is CCN(CCn1cccn1)C(=O)C(C)Oc1ccc2c(c1)oc(=O)c1ccccc12. The van der Waals surface area contributed by atoms with E-state index in [1.807, 2.05) is 43.5 Å². The van der Waals surface area contributed by atoms with E-state index in [9.17, 15) is 9.59 Å². The van der Waals surface area contributed by atoms with Crippen molar-refractivity contribution in [3.8, 4) is 5.75 Å². The Hall–Kier alpha value is -3.61.